The van der Waals surface area contributed by atoms with Crippen LogP contribution in [0.1, 0.15) is 32.3 Å². The molecule has 27 heavy (non-hydrogen) atoms. The number of anilines is 2. The topological polar surface area (TPSA) is 71.0 Å². The van der Waals surface area contributed by atoms with Crippen LogP contribution in [0.4, 0.5) is 20.2 Å². The molecule has 0 radical (unpaired) electrons. The van der Waals surface area contributed by atoms with E-state index in [2.05, 4.69) is 4.90 Å². The van der Waals surface area contributed by atoms with Gasteiger partial charge in [-0.1, -0.05) is 0 Å². The van der Waals surface area contributed by atoms with Crippen molar-refractivity contribution >= 4 is 11.4 Å². The molecule has 1 aromatic rings. The quantitative estimate of drug-likeness (QED) is 0.777. The molecule has 0 amide bonds. The summed E-state index contributed by atoms with van der Waals surface area (Å²) in [6.07, 6.45) is 1.07. The van der Waals surface area contributed by atoms with E-state index in [1.165, 1.54) is 6.07 Å². The van der Waals surface area contributed by atoms with Crippen molar-refractivity contribution in [2.75, 3.05) is 36.7 Å². The number of methoxy groups -OCH3 is 1. The third-order valence-electron chi connectivity index (χ3n) is 5.97. The van der Waals surface area contributed by atoms with Crippen molar-refractivity contribution < 1.29 is 13.5 Å². The van der Waals surface area contributed by atoms with Gasteiger partial charge in [-0.15, -0.1) is 0 Å². The number of ether oxygens (including phenoxy) is 1. The molecule has 1 aliphatic carbocycles. The smallest absolute Gasteiger partial charge is 0.168 e. The number of hydrogen-bond acceptors (Lipinski definition) is 6. The molecule has 2 fully saturated rings. The summed E-state index contributed by atoms with van der Waals surface area (Å²) in [7, 11) is 1.55. The number of alkyl halides is 1. The molecule has 0 aromatic heterocycles. The lowest BCUT2D eigenvalue weighted by Crippen LogP contribution is -2.47. The highest BCUT2D eigenvalue weighted by Crippen LogP contribution is 2.49. The number of hydrogen-bond donors (Lipinski definition) is 2. The highest BCUT2D eigenvalue weighted by molar-refractivity contribution is 5.78. The Hall–Kier alpha value is -1.64. The fraction of sp³-hybridized carbons (Fsp3) is 0.684. The summed E-state index contributed by atoms with van der Waals surface area (Å²) in [5.41, 5.74) is 7.52. The van der Waals surface area contributed by atoms with Gasteiger partial charge in [0.25, 0.3) is 0 Å². The number of nitrogens with zero attached hydrogens (tertiary/aromatic N) is 3. The minimum absolute atomic E-state index is 0.115. The molecule has 0 spiro atoms. The Balaban J connectivity index is 1.77. The molecular formula is C19H29F2N5O. The van der Waals surface area contributed by atoms with Gasteiger partial charge in [-0.05, 0) is 38.3 Å². The number of halogens is 2. The van der Waals surface area contributed by atoms with Gasteiger partial charge in [0.1, 0.15) is 11.9 Å². The van der Waals surface area contributed by atoms with E-state index in [1.807, 2.05) is 13.8 Å². The third-order valence-corrected chi connectivity index (χ3v) is 5.97. The summed E-state index contributed by atoms with van der Waals surface area (Å²) in [5, 5.41) is 1.68. The standard InChI is InChI=1S/C19H29F2N5O/c1-19(2,22)13-8-24(9-15(13)21)17-14(20)6-11-7-25(23)10-26(12-4-5-12)16(11)18(17)27-3/h6,12-13,15H,4-5,7-10,22-23H2,1-3H3/t13-,15-/m0/s1. The second-order valence-electron chi connectivity index (χ2n) is 8.69. The highest BCUT2D eigenvalue weighted by Gasteiger charge is 2.44. The van der Waals surface area contributed by atoms with Crippen LogP contribution in [0.15, 0.2) is 6.07 Å². The number of rotatable bonds is 4. The van der Waals surface area contributed by atoms with Crippen molar-refractivity contribution in [3.63, 3.8) is 0 Å². The van der Waals surface area contributed by atoms with Crippen molar-refractivity contribution in [2.45, 2.75) is 51.0 Å². The molecule has 4 rings (SSSR count). The number of benzene rings is 1. The minimum atomic E-state index is -1.11. The van der Waals surface area contributed by atoms with Crippen molar-refractivity contribution in [2.24, 2.45) is 17.5 Å². The molecule has 1 saturated heterocycles. The molecule has 0 bridgehead atoms. The van der Waals surface area contributed by atoms with Crippen LogP contribution in [0.2, 0.25) is 0 Å². The van der Waals surface area contributed by atoms with E-state index in [4.69, 9.17) is 16.3 Å². The van der Waals surface area contributed by atoms with E-state index >= 15 is 4.39 Å². The first kappa shape index (κ1) is 18.7. The van der Waals surface area contributed by atoms with Crippen molar-refractivity contribution in [3.05, 3.63) is 17.4 Å². The van der Waals surface area contributed by atoms with Gasteiger partial charge < -0.3 is 20.3 Å². The Morgan fingerprint density at radius 1 is 1.22 bits per heavy atom. The first-order valence-corrected chi connectivity index (χ1v) is 9.54. The normalized spacial score (nSPS) is 26.5. The molecule has 1 aromatic carbocycles. The van der Waals surface area contributed by atoms with E-state index in [0.29, 0.717) is 37.2 Å². The van der Waals surface area contributed by atoms with Crippen molar-refractivity contribution in [1.82, 2.24) is 5.01 Å². The maximum Gasteiger partial charge on any atom is 0.168 e. The van der Waals surface area contributed by atoms with Gasteiger partial charge in [-0.25, -0.2) is 13.8 Å². The summed E-state index contributed by atoms with van der Waals surface area (Å²) in [6, 6.07) is 1.92. The van der Waals surface area contributed by atoms with E-state index in [-0.39, 0.29) is 12.5 Å². The lowest BCUT2D eigenvalue weighted by molar-refractivity contribution is 0.208. The van der Waals surface area contributed by atoms with Gasteiger partial charge in [0, 0.05) is 37.1 Å². The Bertz CT molecular complexity index is 734. The van der Waals surface area contributed by atoms with E-state index in [1.54, 1.807) is 17.0 Å². The van der Waals surface area contributed by atoms with Crippen molar-refractivity contribution in [3.8, 4) is 5.75 Å². The summed E-state index contributed by atoms with van der Waals surface area (Å²) < 4.78 is 35.5. The Morgan fingerprint density at radius 2 is 1.93 bits per heavy atom. The summed E-state index contributed by atoms with van der Waals surface area (Å²) in [4.78, 5) is 3.94. The van der Waals surface area contributed by atoms with Crippen LogP contribution in [-0.2, 0) is 6.54 Å². The first-order chi connectivity index (χ1) is 12.7. The van der Waals surface area contributed by atoms with Crippen LogP contribution in [0.25, 0.3) is 0 Å². The van der Waals surface area contributed by atoms with Crippen LogP contribution in [-0.4, -0.2) is 49.6 Å². The van der Waals surface area contributed by atoms with Crippen LogP contribution in [0, 0.1) is 11.7 Å². The van der Waals surface area contributed by atoms with Gasteiger partial charge in [-0.3, -0.25) is 5.84 Å². The van der Waals surface area contributed by atoms with Crippen LogP contribution >= 0.6 is 0 Å². The molecule has 2 heterocycles. The zero-order chi connectivity index (χ0) is 19.5. The maximum atomic E-state index is 15.1. The monoisotopic (exact) mass is 381 g/mol. The average Bonchev–Trinajstić information content (AvgIpc) is 3.33. The van der Waals surface area contributed by atoms with E-state index in [0.717, 1.165) is 24.1 Å². The molecule has 3 aliphatic rings. The molecule has 1 saturated carbocycles. The van der Waals surface area contributed by atoms with Crippen LogP contribution in [0.5, 0.6) is 5.75 Å². The molecule has 8 heteroatoms. The largest absolute Gasteiger partial charge is 0.492 e. The first-order valence-electron chi connectivity index (χ1n) is 9.54. The Labute approximate surface area is 159 Å². The van der Waals surface area contributed by atoms with Gasteiger partial charge in [0.2, 0.25) is 0 Å². The second-order valence-corrected chi connectivity index (χ2v) is 8.69. The zero-order valence-electron chi connectivity index (χ0n) is 16.2. The zero-order valence-corrected chi connectivity index (χ0v) is 16.2. The fourth-order valence-corrected chi connectivity index (χ4v) is 4.45. The molecule has 6 nitrogen and oxygen atoms in total. The van der Waals surface area contributed by atoms with E-state index in [9.17, 15) is 4.39 Å². The molecule has 0 unspecified atom stereocenters. The fourth-order valence-electron chi connectivity index (χ4n) is 4.45. The summed E-state index contributed by atoms with van der Waals surface area (Å²) >= 11 is 0. The second kappa shape index (κ2) is 6.46. The Kier molecular flexibility index (Phi) is 4.48. The Morgan fingerprint density at radius 3 is 2.48 bits per heavy atom. The molecule has 4 N–H and O–H groups in total. The number of fused-ring (bicyclic) bond motifs is 1. The highest BCUT2D eigenvalue weighted by atomic mass is 19.1. The molecule has 2 atom stereocenters. The summed E-state index contributed by atoms with van der Waals surface area (Å²) in [6.45, 7) is 5.14. The van der Waals surface area contributed by atoms with E-state index < -0.39 is 17.5 Å². The maximum absolute atomic E-state index is 15.1. The molecule has 2 aliphatic heterocycles. The number of hydrazine groups is 1. The van der Waals surface area contributed by atoms with Crippen LogP contribution in [0.3, 0.4) is 0 Å². The summed E-state index contributed by atoms with van der Waals surface area (Å²) in [5.74, 6) is 5.76. The SMILES string of the molecule is COc1c(N2C[C@H](F)[C@@H](C(C)(C)N)C2)c(F)cc2c1N(C1CC1)CN(N)C2. The third kappa shape index (κ3) is 3.23. The molecule has 150 valence electrons. The molecular weight excluding hydrogens is 352 g/mol. The predicted molar refractivity (Wildman–Crippen MR) is 102 cm³/mol. The van der Waals surface area contributed by atoms with Crippen molar-refractivity contribution in [1.29, 1.82) is 0 Å². The van der Waals surface area contributed by atoms with Crippen LogP contribution < -0.4 is 26.1 Å². The minimum Gasteiger partial charge on any atom is -0.492 e. The lowest BCUT2D eigenvalue weighted by Gasteiger charge is -2.38. The van der Waals surface area contributed by atoms with Gasteiger partial charge in [0.15, 0.2) is 11.6 Å². The number of nitrogens with two attached hydrogens (primary N) is 2. The average molecular weight is 381 g/mol. The van der Waals surface area contributed by atoms with Gasteiger partial charge >= 0.3 is 0 Å². The van der Waals surface area contributed by atoms with Gasteiger partial charge in [0.05, 0.1) is 19.5 Å². The lowest BCUT2D eigenvalue weighted by atomic mass is 9.87. The van der Waals surface area contributed by atoms with Gasteiger partial charge in [-0.2, -0.15) is 0 Å². The predicted octanol–water partition coefficient (Wildman–Crippen LogP) is 1.96.